The van der Waals surface area contributed by atoms with E-state index in [9.17, 15) is 4.79 Å². The molecule has 30 heavy (non-hydrogen) atoms. The molecule has 1 saturated heterocycles. The Morgan fingerprint density at radius 2 is 1.80 bits per heavy atom. The minimum absolute atomic E-state index is 0.0887. The van der Waals surface area contributed by atoms with E-state index in [1.54, 1.807) is 0 Å². The van der Waals surface area contributed by atoms with E-state index in [4.69, 9.17) is 9.47 Å². The number of morpholine rings is 1. The van der Waals surface area contributed by atoms with Crippen LogP contribution in [0.25, 0.3) is 17.1 Å². The molecule has 8 heteroatoms. The van der Waals surface area contributed by atoms with Crippen LogP contribution in [0.4, 0.5) is 0 Å². The Hall–Kier alpha value is -2.84. The molecule has 1 fully saturated rings. The summed E-state index contributed by atoms with van der Waals surface area (Å²) in [5.74, 6) is 1.95. The maximum Gasteiger partial charge on any atom is 0.233 e. The van der Waals surface area contributed by atoms with Gasteiger partial charge in [0.2, 0.25) is 5.91 Å². The lowest BCUT2D eigenvalue weighted by Gasteiger charge is -2.26. The number of carbonyl (C=O) groups excluding carboxylic acids is 1. The van der Waals surface area contributed by atoms with Gasteiger partial charge in [-0.2, -0.15) is 0 Å². The predicted octanol–water partition coefficient (Wildman–Crippen LogP) is 3.28. The van der Waals surface area contributed by atoms with E-state index in [0.29, 0.717) is 43.8 Å². The van der Waals surface area contributed by atoms with Crippen molar-refractivity contribution in [3.05, 3.63) is 54.6 Å². The van der Waals surface area contributed by atoms with Crippen LogP contribution in [0.1, 0.15) is 6.92 Å². The zero-order chi connectivity index (χ0) is 20.8. The number of thioether (sulfide) groups is 1. The standard InChI is InChI=1S/C22H24N4O3S/c1-2-29-19-10-8-18(9-11-19)26-21(17-6-4-3-5-7-17)23-24-22(26)30-16-20(27)25-12-14-28-15-13-25/h3-11H,2,12-16H2,1H3. The lowest BCUT2D eigenvalue weighted by Crippen LogP contribution is -2.41. The summed E-state index contributed by atoms with van der Waals surface area (Å²) in [7, 11) is 0. The minimum atomic E-state index is 0.0887. The third kappa shape index (κ3) is 4.66. The molecule has 0 spiro atoms. The van der Waals surface area contributed by atoms with E-state index in [1.807, 2.05) is 71.0 Å². The van der Waals surface area contributed by atoms with Gasteiger partial charge in [0.05, 0.1) is 25.6 Å². The SMILES string of the molecule is CCOc1ccc(-n2c(SCC(=O)N3CCOCC3)nnc2-c2ccccc2)cc1. The zero-order valence-electron chi connectivity index (χ0n) is 16.9. The second kappa shape index (κ2) is 9.77. The molecule has 1 aliphatic rings. The van der Waals surface area contributed by atoms with Crippen molar-refractivity contribution in [3.63, 3.8) is 0 Å². The van der Waals surface area contributed by atoms with Crippen molar-refractivity contribution in [1.29, 1.82) is 0 Å². The number of hydrogen-bond acceptors (Lipinski definition) is 6. The Balaban J connectivity index is 1.61. The number of ether oxygens (including phenoxy) is 2. The van der Waals surface area contributed by atoms with Gasteiger partial charge in [0, 0.05) is 24.3 Å². The largest absolute Gasteiger partial charge is 0.494 e. The Labute approximate surface area is 180 Å². The number of benzene rings is 2. The van der Waals surface area contributed by atoms with Crippen molar-refractivity contribution in [2.24, 2.45) is 0 Å². The second-order valence-corrected chi connectivity index (χ2v) is 7.66. The molecular weight excluding hydrogens is 400 g/mol. The van der Waals surface area contributed by atoms with Crippen LogP contribution < -0.4 is 4.74 Å². The molecule has 1 aliphatic heterocycles. The van der Waals surface area contributed by atoms with Crippen LogP contribution in [0.2, 0.25) is 0 Å². The highest BCUT2D eigenvalue weighted by atomic mass is 32.2. The van der Waals surface area contributed by atoms with Crippen molar-refractivity contribution in [2.45, 2.75) is 12.1 Å². The first-order valence-electron chi connectivity index (χ1n) is 9.98. The third-order valence-electron chi connectivity index (χ3n) is 4.76. The van der Waals surface area contributed by atoms with Gasteiger partial charge in [-0.05, 0) is 31.2 Å². The Bertz CT molecular complexity index is 970. The maximum atomic E-state index is 12.6. The summed E-state index contributed by atoms with van der Waals surface area (Å²) in [6.07, 6.45) is 0. The molecule has 0 saturated carbocycles. The summed E-state index contributed by atoms with van der Waals surface area (Å²) >= 11 is 1.40. The number of rotatable bonds is 7. The highest BCUT2D eigenvalue weighted by molar-refractivity contribution is 7.99. The fourth-order valence-corrected chi connectivity index (χ4v) is 4.11. The lowest BCUT2D eigenvalue weighted by atomic mass is 10.2. The first-order chi connectivity index (χ1) is 14.8. The van der Waals surface area contributed by atoms with Gasteiger partial charge in [0.25, 0.3) is 0 Å². The zero-order valence-corrected chi connectivity index (χ0v) is 17.7. The molecule has 0 N–H and O–H groups in total. The van der Waals surface area contributed by atoms with Crippen molar-refractivity contribution in [3.8, 4) is 22.8 Å². The van der Waals surface area contributed by atoms with Crippen molar-refractivity contribution in [2.75, 3.05) is 38.7 Å². The van der Waals surface area contributed by atoms with Crippen LogP contribution in [0.3, 0.4) is 0 Å². The second-order valence-electron chi connectivity index (χ2n) is 6.72. The molecule has 1 aromatic heterocycles. The van der Waals surface area contributed by atoms with Gasteiger partial charge in [0.15, 0.2) is 11.0 Å². The molecule has 4 rings (SSSR count). The molecule has 0 radical (unpaired) electrons. The summed E-state index contributed by atoms with van der Waals surface area (Å²) in [4.78, 5) is 14.4. The lowest BCUT2D eigenvalue weighted by molar-refractivity contribution is -0.132. The van der Waals surface area contributed by atoms with Crippen LogP contribution >= 0.6 is 11.8 Å². The van der Waals surface area contributed by atoms with Crippen molar-refractivity contribution >= 4 is 17.7 Å². The average Bonchev–Trinajstić information content (AvgIpc) is 3.23. The molecule has 2 heterocycles. The first-order valence-corrected chi connectivity index (χ1v) is 11.0. The maximum absolute atomic E-state index is 12.6. The summed E-state index contributed by atoms with van der Waals surface area (Å²) < 4.78 is 12.9. The Kier molecular flexibility index (Phi) is 6.66. The summed E-state index contributed by atoms with van der Waals surface area (Å²) in [5.41, 5.74) is 1.88. The van der Waals surface area contributed by atoms with Crippen LogP contribution in [0.15, 0.2) is 59.8 Å². The predicted molar refractivity (Wildman–Crippen MR) is 116 cm³/mol. The van der Waals surface area contributed by atoms with Gasteiger partial charge in [-0.15, -0.1) is 10.2 Å². The van der Waals surface area contributed by atoms with E-state index in [-0.39, 0.29) is 5.91 Å². The molecule has 3 aromatic rings. The normalized spacial score (nSPS) is 14.0. The summed E-state index contributed by atoms with van der Waals surface area (Å²) in [6, 6.07) is 17.7. The summed E-state index contributed by atoms with van der Waals surface area (Å²) in [6.45, 7) is 5.04. The fourth-order valence-electron chi connectivity index (χ4n) is 3.26. The molecule has 0 aliphatic carbocycles. The van der Waals surface area contributed by atoms with Gasteiger partial charge in [0.1, 0.15) is 5.75 Å². The van der Waals surface area contributed by atoms with Crippen LogP contribution in [0.5, 0.6) is 5.75 Å². The number of carbonyl (C=O) groups is 1. The number of nitrogens with zero attached hydrogens (tertiary/aromatic N) is 4. The van der Waals surface area contributed by atoms with Crippen LogP contribution in [-0.2, 0) is 9.53 Å². The van der Waals surface area contributed by atoms with Crippen LogP contribution in [0, 0.1) is 0 Å². The van der Waals surface area contributed by atoms with E-state index in [1.165, 1.54) is 11.8 Å². The van der Waals surface area contributed by atoms with E-state index in [0.717, 1.165) is 22.8 Å². The highest BCUT2D eigenvalue weighted by Gasteiger charge is 2.20. The molecule has 2 aromatic carbocycles. The van der Waals surface area contributed by atoms with Crippen molar-refractivity contribution < 1.29 is 14.3 Å². The number of amides is 1. The summed E-state index contributed by atoms with van der Waals surface area (Å²) in [5, 5.41) is 9.50. The van der Waals surface area contributed by atoms with Gasteiger partial charge in [-0.1, -0.05) is 42.1 Å². The van der Waals surface area contributed by atoms with E-state index >= 15 is 0 Å². The van der Waals surface area contributed by atoms with Crippen molar-refractivity contribution in [1.82, 2.24) is 19.7 Å². The molecular formula is C22H24N4O3S. The van der Waals surface area contributed by atoms with E-state index in [2.05, 4.69) is 10.2 Å². The molecule has 7 nitrogen and oxygen atoms in total. The molecule has 0 unspecified atom stereocenters. The van der Waals surface area contributed by atoms with Gasteiger partial charge in [-0.25, -0.2) is 0 Å². The molecule has 1 amide bonds. The topological polar surface area (TPSA) is 69.5 Å². The Morgan fingerprint density at radius 3 is 2.50 bits per heavy atom. The quantitative estimate of drug-likeness (QED) is 0.542. The minimum Gasteiger partial charge on any atom is -0.494 e. The molecule has 0 bridgehead atoms. The number of hydrogen-bond donors (Lipinski definition) is 0. The number of aromatic nitrogens is 3. The average molecular weight is 425 g/mol. The van der Waals surface area contributed by atoms with E-state index < -0.39 is 0 Å². The Morgan fingerprint density at radius 1 is 1.07 bits per heavy atom. The third-order valence-corrected chi connectivity index (χ3v) is 5.67. The van der Waals surface area contributed by atoms with Gasteiger partial charge < -0.3 is 14.4 Å². The fraction of sp³-hybridized carbons (Fsp3) is 0.318. The smallest absolute Gasteiger partial charge is 0.233 e. The van der Waals surface area contributed by atoms with Gasteiger partial charge >= 0.3 is 0 Å². The van der Waals surface area contributed by atoms with Crippen LogP contribution in [-0.4, -0.2) is 64.2 Å². The molecule has 0 atom stereocenters. The first kappa shape index (κ1) is 20.4. The molecule has 156 valence electrons. The highest BCUT2D eigenvalue weighted by Crippen LogP contribution is 2.29. The monoisotopic (exact) mass is 424 g/mol. The van der Waals surface area contributed by atoms with Gasteiger partial charge in [-0.3, -0.25) is 9.36 Å².